The van der Waals surface area contributed by atoms with E-state index in [1.807, 2.05) is 73.7 Å². The third kappa shape index (κ3) is 7.28. The molecule has 0 aliphatic carbocycles. The van der Waals surface area contributed by atoms with Crippen molar-refractivity contribution in [2.24, 2.45) is 0 Å². The third-order valence-electron chi connectivity index (χ3n) is 8.42. The number of benzene rings is 4. The summed E-state index contributed by atoms with van der Waals surface area (Å²) in [6.07, 6.45) is 12.2. The molecule has 4 aromatic rings. The fourth-order valence-electron chi connectivity index (χ4n) is 6.10. The van der Waals surface area contributed by atoms with Crippen LogP contribution in [0.15, 0.2) is 120 Å². The average Bonchev–Trinajstić information content (AvgIpc) is 3.03. The molecule has 0 heterocycles. The Morgan fingerprint density at radius 3 is 1.31 bits per heavy atom. The Hall–Kier alpha value is -2.65. The van der Waals surface area contributed by atoms with Gasteiger partial charge in [0.1, 0.15) is 0 Å². The van der Waals surface area contributed by atoms with Crippen molar-refractivity contribution in [2.75, 3.05) is 0 Å². The average molecular weight is 647 g/mol. The van der Waals surface area contributed by atoms with Crippen molar-refractivity contribution in [3.63, 3.8) is 0 Å². The van der Waals surface area contributed by atoms with Crippen molar-refractivity contribution in [1.82, 2.24) is 0 Å². The van der Waals surface area contributed by atoms with Gasteiger partial charge < -0.3 is 0 Å². The number of hydrogen-bond acceptors (Lipinski definition) is 3. The molecule has 0 aromatic heterocycles. The van der Waals surface area contributed by atoms with E-state index in [1.54, 1.807) is 12.1 Å². The van der Waals surface area contributed by atoms with Crippen LogP contribution in [-0.2, 0) is 13.3 Å². The van der Waals surface area contributed by atoms with Gasteiger partial charge in [-0.25, -0.2) is 0 Å². The first-order valence-corrected chi connectivity index (χ1v) is 22.0. The van der Waals surface area contributed by atoms with E-state index in [1.165, 1.54) is 44.9 Å². The Labute approximate surface area is 255 Å². The number of rotatable bonds is 17. The van der Waals surface area contributed by atoms with Gasteiger partial charge in [-0.3, -0.25) is 0 Å². The molecule has 4 rings (SSSR count). The molecular weight excluding hydrogens is 599 g/mol. The standard InChI is InChI=1S/C37H47AsO3S/c1-3-4-5-6-7-8-9-10-11-21-32-38(34-22-15-12-16-23-34,35-24-17-13-18-25-35,36-26-19-14-20-27-36)41-42(39,40)37-30-28-33(2)29-31-37/h12-20,22-31H,3-11,21,32H2,1-2H3. The van der Waals surface area contributed by atoms with E-state index in [0.717, 1.165) is 37.9 Å². The van der Waals surface area contributed by atoms with Crippen molar-refractivity contribution in [1.29, 1.82) is 0 Å². The Morgan fingerprint density at radius 2 is 0.905 bits per heavy atom. The summed E-state index contributed by atoms with van der Waals surface area (Å²) in [5.74, 6) is 0. The van der Waals surface area contributed by atoms with E-state index in [-0.39, 0.29) is 4.90 Å². The Bertz CT molecular complexity index is 1350. The van der Waals surface area contributed by atoms with Crippen LogP contribution in [0.25, 0.3) is 0 Å². The molecule has 0 spiro atoms. The van der Waals surface area contributed by atoms with Gasteiger partial charge in [-0.15, -0.1) is 0 Å². The summed E-state index contributed by atoms with van der Waals surface area (Å²) in [6, 6.07) is 37.6. The van der Waals surface area contributed by atoms with Crippen LogP contribution in [0.4, 0.5) is 0 Å². The molecule has 0 fully saturated rings. The van der Waals surface area contributed by atoms with Gasteiger partial charge in [0, 0.05) is 0 Å². The maximum absolute atomic E-state index is 14.4. The predicted octanol–water partition coefficient (Wildman–Crippen LogP) is 8.24. The first kappa shape index (κ1) is 32.3. The number of aryl methyl sites for hydroxylation is 1. The Morgan fingerprint density at radius 1 is 0.524 bits per heavy atom. The maximum atomic E-state index is 14.4. The van der Waals surface area contributed by atoms with Crippen LogP contribution in [0.2, 0.25) is 5.21 Å². The van der Waals surface area contributed by atoms with E-state index in [2.05, 4.69) is 43.3 Å². The molecule has 0 N–H and O–H groups in total. The molecule has 3 nitrogen and oxygen atoms in total. The first-order valence-electron chi connectivity index (χ1n) is 15.6. The summed E-state index contributed by atoms with van der Waals surface area (Å²) in [7, 11) is -4.12. The van der Waals surface area contributed by atoms with Gasteiger partial charge in [-0.05, 0) is 0 Å². The third-order valence-corrected chi connectivity index (χ3v) is 24.3. The van der Waals surface area contributed by atoms with E-state index in [4.69, 9.17) is 3.17 Å². The van der Waals surface area contributed by atoms with Crippen LogP contribution < -0.4 is 13.1 Å². The second-order valence-corrected chi connectivity index (χ2v) is 23.2. The van der Waals surface area contributed by atoms with Crippen molar-refractivity contribution >= 4 is 36.0 Å². The summed E-state index contributed by atoms with van der Waals surface area (Å²) >= 11 is -4.83. The van der Waals surface area contributed by atoms with E-state index < -0.39 is 22.9 Å². The molecule has 0 unspecified atom stereocenters. The number of unbranched alkanes of at least 4 members (excludes halogenated alkanes) is 9. The van der Waals surface area contributed by atoms with Crippen LogP contribution in [0.3, 0.4) is 0 Å². The van der Waals surface area contributed by atoms with Gasteiger partial charge in [0.2, 0.25) is 0 Å². The van der Waals surface area contributed by atoms with Crippen LogP contribution in [0, 0.1) is 6.92 Å². The number of hydrogen-bond donors (Lipinski definition) is 0. The molecule has 0 bridgehead atoms. The second kappa shape index (κ2) is 15.2. The summed E-state index contributed by atoms with van der Waals surface area (Å²) in [4.78, 5) is 0.200. The summed E-state index contributed by atoms with van der Waals surface area (Å²) in [5, 5.41) is 0.665. The van der Waals surface area contributed by atoms with Crippen molar-refractivity contribution in [3.8, 4) is 0 Å². The minimum absolute atomic E-state index is 0.200. The fourth-order valence-corrected chi connectivity index (χ4v) is 23.1. The predicted molar refractivity (Wildman–Crippen MR) is 180 cm³/mol. The molecule has 0 amide bonds. The van der Waals surface area contributed by atoms with Crippen molar-refractivity contribution < 1.29 is 11.6 Å². The quantitative estimate of drug-likeness (QED) is 0.0858. The van der Waals surface area contributed by atoms with Crippen LogP contribution in [0.1, 0.15) is 76.7 Å². The molecule has 4 aromatic carbocycles. The molecule has 0 atom stereocenters. The zero-order chi connectivity index (χ0) is 29.8. The molecule has 0 aliphatic rings. The minimum atomic E-state index is -4.83. The first-order chi connectivity index (χ1) is 20.4. The van der Waals surface area contributed by atoms with Gasteiger partial charge in [0.05, 0.1) is 0 Å². The van der Waals surface area contributed by atoms with Gasteiger partial charge >= 0.3 is 257 Å². The second-order valence-electron chi connectivity index (χ2n) is 11.5. The van der Waals surface area contributed by atoms with E-state index in [9.17, 15) is 8.42 Å². The topological polar surface area (TPSA) is 43.4 Å². The normalized spacial score (nSPS) is 13.0. The summed E-state index contributed by atoms with van der Waals surface area (Å²) in [6.45, 7) is 4.22. The van der Waals surface area contributed by atoms with Crippen LogP contribution in [-0.4, -0.2) is 21.2 Å². The zero-order valence-corrected chi connectivity index (χ0v) is 28.0. The molecule has 0 radical (unpaired) electrons. The van der Waals surface area contributed by atoms with Gasteiger partial charge in [-0.1, -0.05) is 0 Å². The van der Waals surface area contributed by atoms with E-state index in [0.29, 0.717) is 5.21 Å². The molecule has 0 aliphatic heterocycles. The van der Waals surface area contributed by atoms with Crippen molar-refractivity contribution in [3.05, 3.63) is 121 Å². The monoisotopic (exact) mass is 646 g/mol. The Kier molecular flexibility index (Phi) is 11.7. The zero-order valence-electron chi connectivity index (χ0n) is 25.3. The van der Waals surface area contributed by atoms with E-state index >= 15 is 0 Å². The van der Waals surface area contributed by atoms with Crippen molar-refractivity contribution in [2.45, 2.75) is 88.2 Å². The summed E-state index contributed by atoms with van der Waals surface area (Å²) in [5.41, 5.74) is 1.01. The van der Waals surface area contributed by atoms with Gasteiger partial charge in [0.25, 0.3) is 0 Å². The fraction of sp³-hybridized carbons (Fsp3) is 0.351. The van der Waals surface area contributed by atoms with Crippen LogP contribution in [0.5, 0.6) is 0 Å². The van der Waals surface area contributed by atoms with Gasteiger partial charge in [0.15, 0.2) is 0 Å². The van der Waals surface area contributed by atoms with Crippen LogP contribution >= 0.6 is 0 Å². The molecule has 42 heavy (non-hydrogen) atoms. The SMILES string of the molecule is CCCCCCCCCCCC[As](OS(=O)(=O)c1ccc(C)cc1)(c1ccccc1)(c1ccccc1)c1ccccc1. The molecule has 0 saturated carbocycles. The molecule has 0 saturated heterocycles. The van der Waals surface area contributed by atoms with Gasteiger partial charge in [-0.2, -0.15) is 0 Å². The molecule has 5 heteroatoms. The Balaban J connectivity index is 1.79. The molecule has 224 valence electrons. The summed E-state index contributed by atoms with van der Waals surface area (Å²) < 4.78 is 38.8. The molecular formula is C37H47AsO3S.